The Balaban J connectivity index is 1.72. The van der Waals surface area contributed by atoms with Gasteiger partial charge in [0.2, 0.25) is 0 Å². The standard InChI is InChI=1S/C15H18O5/c1-6(2)8-7-4-13(3)14(5-18-14)10-11(20-10)15(13,17)9(8)12(16)19-7/h7-11,17H,1,4-5H2,2-3H3/t7-,8+,9+,10+,11-,13-,14+,15-/m0/s1. The fourth-order valence-corrected chi connectivity index (χ4v) is 5.47. The molecule has 5 rings (SSSR count). The van der Waals surface area contributed by atoms with Crippen molar-refractivity contribution in [3.63, 3.8) is 0 Å². The molecule has 5 aliphatic rings. The quantitative estimate of drug-likeness (QED) is 0.427. The number of carbonyl (C=O) groups excluding carboxylic acids is 1. The van der Waals surface area contributed by atoms with Crippen LogP contribution in [0.1, 0.15) is 20.3 Å². The molecule has 2 saturated carbocycles. The Bertz CT molecular complexity index is 567. The van der Waals surface area contributed by atoms with Crippen LogP contribution in [0.2, 0.25) is 0 Å². The smallest absolute Gasteiger partial charge is 0.313 e. The number of aliphatic hydroxyl groups is 1. The minimum atomic E-state index is -1.19. The maximum absolute atomic E-state index is 12.3. The predicted octanol–water partition coefficient (Wildman–Crippen LogP) is 0.411. The fraction of sp³-hybridized carbons (Fsp3) is 0.800. The zero-order valence-corrected chi connectivity index (χ0v) is 11.6. The molecule has 0 aromatic rings. The lowest BCUT2D eigenvalue weighted by Crippen LogP contribution is -2.64. The summed E-state index contributed by atoms with van der Waals surface area (Å²) < 4.78 is 17.0. The minimum Gasteiger partial charge on any atom is -0.461 e. The fourth-order valence-electron chi connectivity index (χ4n) is 5.47. The van der Waals surface area contributed by atoms with Gasteiger partial charge in [-0.2, -0.15) is 0 Å². The van der Waals surface area contributed by atoms with Gasteiger partial charge in [-0.1, -0.05) is 19.1 Å². The van der Waals surface area contributed by atoms with E-state index in [2.05, 4.69) is 6.58 Å². The van der Waals surface area contributed by atoms with E-state index in [0.717, 1.165) is 5.57 Å². The average molecular weight is 278 g/mol. The number of rotatable bonds is 1. The molecule has 20 heavy (non-hydrogen) atoms. The Morgan fingerprint density at radius 3 is 2.75 bits per heavy atom. The van der Waals surface area contributed by atoms with Gasteiger partial charge in [-0.15, -0.1) is 0 Å². The maximum Gasteiger partial charge on any atom is 0.313 e. The van der Waals surface area contributed by atoms with E-state index in [-0.39, 0.29) is 30.2 Å². The Morgan fingerprint density at radius 1 is 1.45 bits per heavy atom. The number of epoxide rings is 2. The highest BCUT2D eigenvalue weighted by molar-refractivity contribution is 5.79. The lowest BCUT2D eigenvalue weighted by atomic mass is 9.54. The first-order valence-electron chi connectivity index (χ1n) is 7.24. The van der Waals surface area contributed by atoms with Crippen molar-refractivity contribution in [3.05, 3.63) is 12.2 Å². The molecule has 2 aliphatic carbocycles. The van der Waals surface area contributed by atoms with E-state index in [1.54, 1.807) is 0 Å². The SMILES string of the molecule is C=C(C)[C@@H]1[C@@H]2C[C@]3(C)[C@@](O)([C@H]4O[C@H]4[C@]34CO4)[C@H]1C(=O)O2. The summed E-state index contributed by atoms with van der Waals surface area (Å²) in [6, 6.07) is 0. The van der Waals surface area contributed by atoms with Crippen molar-refractivity contribution in [2.45, 2.75) is 49.8 Å². The van der Waals surface area contributed by atoms with Crippen LogP contribution in [0.25, 0.3) is 0 Å². The molecular formula is C15H18O5. The summed E-state index contributed by atoms with van der Waals surface area (Å²) in [7, 11) is 0. The summed E-state index contributed by atoms with van der Waals surface area (Å²) in [6.45, 7) is 8.55. The maximum atomic E-state index is 12.3. The Kier molecular flexibility index (Phi) is 1.67. The summed E-state index contributed by atoms with van der Waals surface area (Å²) >= 11 is 0. The number of hydrogen-bond acceptors (Lipinski definition) is 5. The van der Waals surface area contributed by atoms with Crippen molar-refractivity contribution >= 4 is 5.97 Å². The van der Waals surface area contributed by atoms with E-state index < -0.39 is 22.5 Å². The second-order valence-electron chi connectivity index (χ2n) is 7.34. The molecule has 0 aromatic carbocycles. The summed E-state index contributed by atoms with van der Waals surface area (Å²) in [5.74, 6) is -0.983. The first kappa shape index (κ1) is 11.7. The van der Waals surface area contributed by atoms with Gasteiger partial charge in [0.15, 0.2) is 0 Å². The Labute approximate surface area is 116 Å². The van der Waals surface area contributed by atoms with Crippen LogP contribution in [-0.2, 0) is 19.0 Å². The van der Waals surface area contributed by atoms with Crippen LogP contribution < -0.4 is 0 Å². The number of hydrogen-bond donors (Lipinski definition) is 1. The van der Waals surface area contributed by atoms with Gasteiger partial charge in [0.1, 0.15) is 29.5 Å². The Morgan fingerprint density at radius 2 is 2.15 bits per heavy atom. The molecule has 0 aromatic heterocycles. The number of ether oxygens (including phenoxy) is 3. The molecule has 1 spiro atoms. The second kappa shape index (κ2) is 2.85. The highest BCUT2D eigenvalue weighted by atomic mass is 16.7. The number of esters is 1. The van der Waals surface area contributed by atoms with E-state index in [1.165, 1.54) is 0 Å². The second-order valence-corrected chi connectivity index (χ2v) is 7.34. The van der Waals surface area contributed by atoms with Crippen molar-refractivity contribution in [2.24, 2.45) is 17.3 Å². The molecule has 3 heterocycles. The Hall–Kier alpha value is -0.910. The largest absolute Gasteiger partial charge is 0.461 e. The molecule has 2 bridgehead atoms. The van der Waals surface area contributed by atoms with Crippen molar-refractivity contribution < 1.29 is 24.1 Å². The molecule has 0 unspecified atom stereocenters. The van der Waals surface area contributed by atoms with Gasteiger partial charge in [-0.05, 0) is 13.3 Å². The van der Waals surface area contributed by atoms with E-state index in [4.69, 9.17) is 14.2 Å². The zero-order valence-electron chi connectivity index (χ0n) is 11.6. The number of carbonyl (C=O) groups is 1. The normalized spacial score (nSPS) is 64.8. The van der Waals surface area contributed by atoms with Gasteiger partial charge < -0.3 is 19.3 Å². The summed E-state index contributed by atoms with van der Waals surface area (Å²) in [4.78, 5) is 12.3. The van der Waals surface area contributed by atoms with Crippen LogP contribution in [0.15, 0.2) is 12.2 Å². The summed E-state index contributed by atoms with van der Waals surface area (Å²) in [6.07, 6.45) is 0.0809. The van der Waals surface area contributed by atoms with Gasteiger partial charge in [0.05, 0.1) is 12.5 Å². The molecule has 3 aliphatic heterocycles. The molecular weight excluding hydrogens is 260 g/mol. The third-order valence-electron chi connectivity index (χ3n) is 6.59. The van der Waals surface area contributed by atoms with E-state index in [1.807, 2.05) is 13.8 Å². The van der Waals surface area contributed by atoms with Crippen molar-refractivity contribution in [3.8, 4) is 0 Å². The lowest BCUT2D eigenvalue weighted by molar-refractivity contribution is -0.185. The minimum absolute atomic E-state index is 0.0598. The summed E-state index contributed by atoms with van der Waals surface area (Å²) in [5.41, 5.74) is -1.17. The van der Waals surface area contributed by atoms with Crippen LogP contribution >= 0.6 is 0 Å². The van der Waals surface area contributed by atoms with Crippen molar-refractivity contribution in [1.29, 1.82) is 0 Å². The van der Waals surface area contributed by atoms with Gasteiger partial charge in [0.25, 0.3) is 0 Å². The van der Waals surface area contributed by atoms with Gasteiger partial charge in [0, 0.05) is 11.3 Å². The summed E-state index contributed by atoms with van der Waals surface area (Å²) in [5, 5.41) is 11.5. The van der Waals surface area contributed by atoms with Crippen LogP contribution in [0, 0.1) is 17.3 Å². The zero-order chi connectivity index (χ0) is 14.1. The highest BCUT2D eigenvalue weighted by Gasteiger charge is 2.92. The van der Waals surface area contributed by atoms with E-state index in [9.17, 15) is 9.90 Å². The van der Waals surface area contributed by atoms with Crippen LogP contribution in [-0.4, -0.2) is 47.2 Å². The van der Waals surface area contributed by atoms with E-state index >= 15 is 0 Å². The molecule has 3 saturated heterocycles. The predicted molar refractivity (Wildman–Crippen MR) is 66.7 cm³/mol. The van der Waals surface area contributed by atoms with Crippen molar-refractivity contribution in [1.82, 2.24) is 0 Å². The molecule has 1 N–H and O–H groups in total. The van der Waals surface area contributed by atoms with Crippen LogP contribution in [0.5, 0.6) is 0 Å². The lowest BCUT2D eigenvalue weighted by Gasteiger charge is -2.51. The van der Waals surface area contributed by atoms with Gasteiger partial charge in [-0.25, -0.2) is 0 Å². The molecule has 8 atom stereocenters. The van der Waals surface area contributed by atoms with Gasteiger partial charge in [-0.3, -0.25) is 4.79 Å². The highest BCUT2D eigenvalue weighted by Crippen LogP contribution is 2.76. The van der Waals surface area contributed by atoms with Crippen LogP contribution in [0.4, 0.5) is 0 Å². The van der Waals surface area contributed by atoms with Crippen LogP contribution in [0.3, 0.4) is 0 Å². The topological polar surface area (TPSA) is 71.6 Å². The van der Waals surface area contributed by atoms with E-state index in [0.29, 0.717) is 13.0 Å². The third kappa shape index (κ3) is 0.875. The monoisotopic (exact) mass is 278 g/mol. The molecule has 108 valence electrons. The average Bonchev–Trinajstić information content (AvgIpc) is 3.20. The third-order valence-corrected chi connectivity index (χ3v) is 6.59. The van der Waals surface area contributed by atoms with Gasteiger partial charge >= 0.3 is 5.97 Å². The first-order valence-corrected chi connectivity index (χ1v) is 7.24. The molecule has 5 nitrogen and oxygen atoms in total. The molecule has 0 radical (unpaired) electrons. The van der Waals surface area contributed by atoms with Crippen molar-refractivity contribution in [2.75, 3.05) is 6.61 Å². The first-order chi connectivity index (χ1) is 9.37. The molecule has 0 amide bonds. The molecule has 5 heteroatoms. The molecule has 5 fully saturated rings. The number of fused-ring (bicyclic) bond motifs is 8.